The van der Waals surface area contributed by atoms with Crippen molar-refractivity contribution in [1.82, 2.24) is 19.6 Å². The molecule has 0 N–H and O–H groups in total. The summed E-state index contributed by atoms with van der Waals surface area (Å²) in [6.07, 6.45) is 1.03. The van der Waals surface area contributed by atoms with Crippen LogP contribution in [-0.4, -0.2) is 71.4 Å². The molecule has 0 bridgehead atoms. The van der Waals surface area contributed by atoms with Crippen molar-refractivity contribution in [3.8, 4) is 5.88 Å². The zero-order chi connectivity index (χ0) is 21.9. The SMILES string of the molecule is COCc1ccc2c(c1)c(OC(C)(C)C(=O)N1CCN(C)CC1)nn2CCC(C)C. The second-order valence-corrected chi connectivity index (χ2v) is 9.20. The Balaban J connectivity index is 1.88. The molecule has 0 atom stereocenters. The van der Waals surface area contributed by atoms with Crippen molar-refractivity contribution in [2.45, 2.75) is 52.9 Å². The topological polar surface area (TPSA) is 59.8 Å². The van der Waals surface area contributed by atoms with Crippen LogP contribution in [0, 0.1) is 5.92 Å². The molecule has 166 valence electrons. The molecule has 2 aromatic rings. The highest BCUT2D eigenvalue weighted by Crippen LogP contribution is 2.30. The lowest BCUT2D eigenvalue weighted by Crippen LogP contribution is -2.55. The second-order valence-electron chi connectivity index (χ2n) is 9.20. The summed E-state index contributed by atoms with van der Waals surface area (Å²) in [5.41, 5.74) is 1.09. The Kier molecular flexibility index (Phi) is 7.03. The average Bonchev–Trinajstić information content (AvgIpc) is 3.03. The van der Waals surface area contributed by atoms with Gasteiger partial charge in [-0.25, -0.2) is 0 Å². The summed E-state index contributed by atoms with van der Waals surface area (Å²) in [6, 6.07) is 6.19. The number of piperazine rings is 1. The normalized spacial score (nSPS) is 15.9. The van der Waals surface area contributed by atoms with E-state index in [0.717, 1.165) is 55.6 Å². The van der Waals surface area contributed by atoms with E-state index in [9.17, 15) is 4.79 Å². The molecule has 7 heteroatoms. The number of benzene rings is 1. The van der Waals surface area contributed by atoms with Gasteiger partial charge >= 0.3 is 0 Å². The van der Waals surface area contributed by atoms with Gasteiger partial charge < -0.3 is 19.3 Å². The molecule has 7 nitrogen and oxygen atoms in total. The minimum Gasteiger partial charge on any atom is -0.460 e. The number of rotatable bonds is 8. The Morgan fingerprint density at radius 1 is 1.20 bits per heavy atom. The molecule has 1 aliphatic rings. The Morgan fingerprint density at radius 3 is 2.53 bits per heavy atom. The van der Waals surface area contributed by atoms with Crippen molar-refractivity contribution < 1.29 is 14.3 Å². The van der Waals surface area contributed by atoms with Crippen molar-refractivity contribution in [3.63, 3.8) is 0 Å². The molecule has 1 aromatic heterocycles. The van der Waals surface area contributed by atoms with Gasteiger partial charge in [-0.1, -0.05) is 19.9 Å². The number of hydrogen-bond acceptors (Lipinski definition) is 5. The van der Waals surface area contributed by atoms with E-state index in [1.54, 1.807) is 7.11 Å². The fraction of sp³-hybridized carbons (Fsp3) is 0.652. The monoisotopic (exact) mass is 416 g/mol. The highest BCUT2D eigenvalue weighted by Gasteiger charge is 2.36. The van der Waals surface area contributed by atoms with Gasteiger partial charge in [0.25, 0.3) is 5.91 Å². The number of hydrogen-bond donors (Lipinski definition) is 0. The second kappa shape index (κ2) is 9.35. The van der Waals surface area contributed by atoms with E-state index >= 15 is 0 Å². The van der Waals surface area contributed by atoms with Gasteiger partial charge in [-0.3, -0.25) is 9.48 Å². The van der Waals surface area contributed by atoms with Crippen LogP contribution in [0.25, 0.3) is 10.9 Å². The minimum absolute atomic E-state index is 0.00789. The third-order valence-corrected chi connectivity index (χ3v) is 5.67. The van der Waals surface area contributed by atoms with E-state index in [1.165, 1.54) is 0 Å². The molecule has 1 saturated heterocycles. The maximum atomic E-state index is 13.2. The fourth-order valence-electron chi connectivity index (χ4n) is 3.76. The van der Waals surface area contributed by atoms with E-state index in [1.807, 2.05) is 23.4 Å². The van der Waals surface area contributed by atoms with Crippen LogP contribution >= 0.6 is 0 Å². The summed E-state index contributed by atoms with van der Waals surface area (Å²) >= 11 is 0. The molecule has 1 aliphatic heterocycles. The smallest absolute Gasteiger partial charge is 0.266 e. The number of likely N-dealkylation sites (N-methyl/N-ethyl adjacent to an activating group) is 1. The van der Waals surface area contributed by atoms with Crippen LogP contribution in [0.1, 0.15) is 39.7 Å². The van der Waals surface area contributed by atoms with Gasteiger partial charge in [0, 0.05) is 39.8 Å². The molecule has 1 amide bonds. The summed E-state index contributed by atoms with van der Waals surface area (Å²) in [7, 11) is 3.77. The fourth-order valence-corrected chi connectivity index (χ4v) is 3.76. The van der Waals surface area contributed by atoms with Crippen LogP contribution in [0.3, 0.4) is 0 Å². The first-order chi connectivity index (χ1) is 14.2. The number of carbonyl (C=O) groups excluding carboxylic acids is 1. The van der Waals surface area contributed by atoms with Crippen molar-refractivity contribution in [2.75, 3.05) is 40.3 Å². The Morgan fingerprint density at radius 2 is 1.90 bits per heavy atom. The summed E-state index contributed by atoms with van der Waals surface area (Å²) in [4.78, 5) is 17.3. The van der Waals surface area contributed by atoms with Crippen molar-refractivity contribution in [2.24, 2.45) is 5.92 Å². The first-order valence-electron chi connectivity index (χ1n) is 10.9. The molecule has 0 saturated carbocycles. The van der Waals surface area contributed by atoms with Gasteiger partial charge in [-0.05, 0) is 50.9 Å². The van der Waals surface area contributed by atoms with Crippen molar-refractivity contribution >= 4 is 16.8 Å². The molecule has 3 rings (SSSR count). The van der Waals surface area contributed by atoms with Crippen LogP contribution in [-0.2, 0) is 22.7 Å². The minimum atomic E-state index is -0.989. The number of aromatic nitrogens is 2. The summed E-state index contributed by atoms with van der Waals surface area (Å²) in [5, 5.41) is 5.69. The molecule has 1 aromatic carbocycles. The summed E-state index contributed by atoms with van der Waals surface area (Å²) in [6.45, 7) is 12.6. The number of fused-ring (bicyclic) bond motifs is 1. The third-order valence-electron chi connectivity index (χ3n) is 5.67. The van der Waals surface area contributed by atoms with Gasteiger partial charge in [-0.15, -0.1) is 5.10 Å². The number of carbonyl (C=O) groups is 1. The van der Waals surface area contributed by atoms with Crippen LogP contribution in [0.4, 0.5) is 0 Å². The predicted octanol–water partition coefficient (Wildman–Crippen LogP) is 3.16. The van der Waals surface area contributed by atoms with E-state index in [0.29, 0.717) is 18.4 Å². The van der Waals surface area contributed by atoms with Crippen molar-refractivity contribution in [1.29, 1.82) is 0 Å². The van der Waals surface area contributed by atoms with Gasteiger partial charge in [0.15, 0.2) is 5.60 Å². The largest absolute Gasteiger partial charge is 0.460 e. The first kappa shape index (κ1) is 22.6. The van der Waals surface area contributed by atoms with Gasteiger partial charge in [-0.2, -0.15) is 0 Å². The zero-order valence-corrected chi connectivity index (χ0v) is 19.3. The molecule has 30 heavy (non-hydrogen) atoms. The molecular formula is C23H36N4O3. The first-order valence-corrected chi connectivity index (χ1v) is 10.9. The van der Waals surface area contributed by atoms with Crippen molar-refractivity contribution in [3.05, 3.63) is 23.8 Å². The molecule has 0 aliphatic carbocycles. The third kappa shape index (κ3) is 5.13. The molecule has 0 radical (unpaired) electrons. The lowest BCUT2D eigenvalue weighted by Gasteiger charge is -2.37. The summed E-state index contributed by atoms with van der Waals surface area (Å²) in [5.74, 6) is 1.10. The highest BCUT2D eigenvalue weighted by molar-refractivity contribution is 5.88. The van der Waals surface area contributed by atoms with E-state index in [-0.39, 0.29) is 5.91 Å². The lowest BCUT2D eigenvalue weighted by atomic mass is 10.1. The number of amides is 1. The van der Waals surface area contributed by atoms with Gasteiger partial charge in [0.2, 0.25) is 5.88 Å². The lowest BCUT2D eigenvalue weighted by molar-refractivity contribution is -0.147. The predicted molar refractivity (Wildman–Crippen MR) is 119 cm³/mol. The number of aryl methyl sites for hydroxylation is 1. The quantitative estimate of drug-likeness (QED) is 0.662. The van der Waals surface area contributed by atoms with Crippen LogP contribution in [0.15, 0.2) is 18.2 Å². The van der Waals surface area contributed by atoms with E-state index < -0.39 is 5.60 Å². The molecule has 0 unspecified atom stereocenters. The number of methoxy groups -OCH3 is 1. The highest BCUT2D eigenvalue weighted by atomic mass is 16.5. The Labute approximate surface area is 179 Å². The number of nitrogens with zero attached hydrogens (tertiary/aromatic N) is 4. The Bertz CT molecular complexity index is 867. The van der Waals surface area contributed by atoms with Crippen LogP contribution in [0.2, 0.25) is 0 Å². The van der Waals surface area contributed by atoms with Crippen LogP contribution < -0.4 is 4.74 Å². The number of ether oxygens (including phenoxy) is 2. The summed E-state index contributed by atoms with van der Waals surface area (Å²) < 4.78 is 13.6. The average molecular weight is 417 g/mol. The molecular weight excluding hydrogens is 380 g/mol. The molecule has 0 spiro atoms. The maximum absolute atomic E-state index is 13.2. The van der Waals surface area contributed by atoms with Gasteiger partial charge in [0.05, 0.1) is 17.5 Å². The molecule has 1 fully saturated rings. The maximum Gasteiger partial charge on any atom is 0.266 e. The van der Waals surface area contributed by atoms with Crippen LogP contribution in [0.5, 0.6) is 5.88 Å². The van der Waals surface area contributed by atoms with Gasteiger partial charge in [0.1, 0.15) is 0 Å². The van der Waals surface area contributed by atoms with E-state index in [2.05, 4.69) is 44.0 Å². The zero-order valence-electron chi connectivity index (χ0n) is 19.3. The standard InChI is InChI=1S/C23H36N4O3/c1-17(2)9-10-27-20-8-7-18(16-29-6)15-19(20)21(24-27)30-23(3,4)22(28)26-13-11-25(5)12-14-26/h7-8,15,17H,9-14,16H2,1-6H3. The molecule has 2 heterocycles. The van der Waals surface area contributed by atoms with E-state index in [4.69, 9.17) is 14.6 Å². The Hall–Kier alpha value is -2.12.